The minimum absolute atomic E-state index is 0.300. The third-order valence-electron chi connectivity index (χ3n) is 7.98. The smallest absolute Gasteiger partial charge is 0.355 e. The van der Waals surface area contributed by atoms with E-state index in [1.54, 1.807) is 0 Å². The number of aromatic nitrogens is 3. The molecule has 0 saturated carbocycles. The van der Waals surface area contributed by atoms with Gasteiger partial charge in [-0.2, -0.15) is 5.10 Å². The van der Waals surface area contributed by atoms with Crippen molar-refractivity contribution in [2.75, 3.05) is 19.8 Å². The van der Waals surface area contributed by atoms with E-state index in [9.17, 15) is 4.79 Å². The van der Waals surface area contributed by atoms with Crippen molar-refractivity contribution in [1.82, 2.24) is 14.3 Å². The summed E-state index contributed by atoms with van der Waals surface area (Å²) in [7, 11) is 1.99. The second kappa shape index (κ2) is 12.2. The fourth-order valence-corrected chi connectivity index (χ4v) is 6.21. The molecule has 0 N–H and O–H groups in total. The van der Waals surface area contributed by atoms with E-state index in [2.05, 4.69) is 54.0 Å². The molecule has 0 bridgehead atoms. The number of ether oxygens (including phenoxy) is 3. The molecule has 6 rings (SSSR count). The first-order chi connectivity index (χ1) is 20.6. The minimum Gasteiger partial charge on any atom is -0.493 e. The van der Waals surface area contributed by atoms with Gasteiger partial charge in [-0.3, -0.25) is 4.68 Å². The molecule has 0 aliphatic carbocycles. The van der Waals surface area contributed by atoms with Gasteiger partial charge in [-0.1, -0.05) is 73.7 Å². The molecule has 1 aliphatic rings. The van der Waals surface area contributed by atoms with Crippen molar-refractivity contribution in [2.45, 2.75) is 46.3 Å². The number of fused-ring (bicyclic) bond motifs is 3. The van der Waals surface area contributed by atoms with E-state index in [0.29, 0.717) is 45.1 Å². The van der Waals surface area contributed by atoms with Crippen LogP contribution < -0.4 is 4.74 Å². The summed E-state index contributed by atoms with van der Waals surface area (Å²) in [6.07, 6.45) is 6.34. The summed E-state index contributed by atoms with van der Waals surface area (Å²) in [6, 6.07) is 20.7. The third kappa shape index (κ3) is 5.09. The molecule has 7 heteroatoms. The fraction of sp³-hybridized carbons (Fsp3) is 0.314. The predicted molar refractivity (Wildman–Crippen MR) is 166 cm³/mol. The number of carbonyl (C=O) groups excluding carboxylic acids is 1. The highest BCUT2D eigenvalue weighted by atomic mass is 16.5. The molecule has 0 fully saturated rings. The van der Waals surface area contributed by atoms with Gasteiger partial charge in [-0.05, 0) is 43.2 Å². The van der Waals surface area contributed by atoms with Gasteiger partial charge in [0.1, 0.15) is 11.4 Å². The first-order valence-electron chi connectivity index (χ1n) is 14.8. The Hall–Kier alpha value is -4.36. The van der Waals surface area contributed by atoms with Crippen LogP contribution >= 0.6 is 0 Å². The topological polar surface area (TPSA) is 67.5 Å². The highest BCUT2D eigenvalue weighted by Gasteiger charge is 2.28. The van der Waals surface area contributed by atoms with E-state index in [1.807, 2.05) is 49.0 Å². The van der Waals surface area contributed by atoms with Gasteiger partial charge in [0.05, 0.1) is 37.6 Å². The van der Waals surface area contributed by atoms with Gasteiger partial charge in [0.2, 0.25) is 0 Å². The average Bonchev–Trinajstić information content (AvgIpc) is 3.49. The molecule has 3 heterocycles. The lowest BCUT2D eigenvalue weighted by molar-refractivity contribution is 0.0513. The Morgan fingerprint density at radius 2 is 1.81 bits per heavy atom. The third-order valence-corrected chi connectivity index (χ3v) is 7.98. The molecule has 216 valence electrons. The summed E-state index contributed by atoms with van der Waals surface area (Å²) in [4.78, 5) is 13.6. The van der Waals surface area contributed by atoms with Gasteiger partial charge < -0.3 is 18.8 Å². The van der Waals surface area contributed by atoms with Crippen LogP contribution in [-0.4, -0.2) is 40.1 Å². The van der Waals surface area contributed by atoms with E-state index in [1.165, 1.54) is 0 Å². The number of benzene rings is 3. The minimum atomic E-state index is -0.300. The lowest BCUT2D eigenvalue weighted by Crippen LogP contribution is -2.14. The van der Waals surface area contributed by atoms with Crippen LogP contribution in [0.4, 0.5) is 0 Å². The lowest BCUT2D eigenvalue weighted by atomic mass is 9.97. The van der Waals surface area contributed by atoms with Crippen LogP contribution in [0.5, 0.6) is 5.75 Å². The molecule has 3 aromatic carbocycles. The first kappa shape index (κ1) is 27.8. The van der Waals surface area contributed by atoms with Crippen LogP contribution in [0, 0.1) is 0 Å². The number of hydrogen-bond donors (Lipinski definition) is 0. The molecule has 0 radical (unpaired) electrons. The molecule has 5 aromatic rings. The average molecular weight is 564 g/mol. The van der Waals surface area contributed by atoms with Crippen LogP contribution in [0.3, 0.4) is 0 Å². The Balaban J connectivity index is 1.44. The molecular formula is C35H37N3O4. The molecule has 0 saturated heterocycles. The van der Waals surface area contributed by atoms with Crippen molar-refractivity contribution in [3.05, 3.63) is 95.5 Å². The highest BCUT2D eigenvalue weighted by molar-refractivity contribution is 6.05. The van der Waals surface area contributed by atoms with Gasteiger partial charge in [0, 0.05) is 41.2 Å². The summed E-state index contributed by atoms with van der Waals surface area (Å²) in [6.45, 7) is 6.28. The standard InChI is InChI=1S/C35H37N3O4/c1-4-30-32-28-17-11-16-26-27(18-12-22-42-31-19-10-14-24-13-6-7-15-25(24)31)34(35(39)41-5-2)38(33(26)28)20-8-9-21-40-23-29(32)36-37(30)3/h6-11,13-17,19H,4-5,12,18,20-23H2,1-3H3. The number of esters is 1. The van der Waals surface area contributed by atoms with E-state index < -0.39 is 0 Å². The second-order valence-corrected chi connectivity index (χ2v) is 10.5. The van der Waals surface area contributed by atoms with Crippen LogP contribution in [0.1, 0.15) is 47.7 Å². The zero-order valence-corrected chi connectivity index (χ0v) is 24.6. The van der Waals surface area contributed by atoms with Crippen molar-refractivity contribution >= 4 is 27.6 Å². The number of nitrogens with zero attached hydrogens (tertiary/aromatic N) is 3. The summed E-state index contributed by atoms with van der Waals surface area (Å²) >= 11 is 0. The summed E-state index contributed by atoms with van der Waals surface area (Å²) in [5, 5.41) is 8.16. The van der Waals surface area contributed by atoms with Crippen molar-refractivity contribution in [2.24, 2.45) is 7.05 Å². The SMILES string of the molecule is CCOC(=O)c1c(CCCOc2cccc3ccccc23)c2cccc3c2n1CC=CCOCc1nn(C)c(CC)c1-3. The molecule has 0 amide bonds. The Morgan fingerprint density at radius 3 is 2.67 bits per heavy atom. The number of hydrogen-bond acceptors (Lipinski definition) is 5. The van der Waals surface area contributed by atoms with E-state index in [-0.39, 0.29) is 5.97 Å². The summed E-state index contributed by atoms with van der Waals surface area (Å²) < 4.78 is 22.0. The van der Waals surface area contributed by atoms with E-state index >= 15 is 0 Å². The van der Waals surface area contributed by atoms with Gasteiger partial charge in [-0.15, -0.1) is 0 Å². The molecule has 2 aromatic heterocycles. The molecule has 1 aliphatic heterocycles. The van der Waals surface area contributed by atoms with Crippen molar-refractivity contribution < 1.29 is 19.0 Å². The Bertz CT molecular complexity index is 1770. The molecule has 7 nitrogen and oxygen atoms in total. The van der Waals surface area contributed by atoms with E-state index in [0.717, 1.165) is 68.3 Å². The quantitative estimate of drug-likeness (QED) is 0.115. The summed E-state index contributed by atoms with van der Waals surface area (Å²) in [5.74, 6) is 0.577. The van der Waals surface area contributed by atoms with Crippen LogP contribution in [0.25, 0.3) is 32.8 Å². The van der Waals surface area contributed by atoms with Crippen molar-refractivity contribution in [3.8, 4) is 16.9 Å². The largest absolute Gasteiger partial charge is 0.493 e. The highest BCUT2D eigenvalue weighted by Crippen LogP contribution is 2.39. The normalized spacial score (nSPS) is 13.2. The maximum atomic E-state index is 13.6. The Kier molecular flexibility index (Phi) is 8.11. The molecule has 0 unspecified atom stereocenters. The number of aryl methyl sites for hydroxylation is 2. The maximum Gasteiger partial charge on any atom is 0.355 e. The molecule has 0 spiro atoms. The number of rotatable bonds is 8. The maximum absolute atomic E-state index is 13.6. The summed E-state index contributed by atoms with van der Waals surface area (Å²) in [5.41, 5.74) is 6.84. The molecular weight excluding hydrogens is 526 g/mol. The van der Waals surface area contributed by atoms with Crippen molar-refractivity contribution in [3.63, 3.8) is 0 Å². The van der Waals surface area contributed by atoms with Crippen LogP contribution in [0.15, 0.2) is 72.8 Å². The van der Waals surface area contributed by atoms with Crippen LogP contribution in [0.2, 0.25) is 0 Å². The number of carbonyl (C=O) groups is 1. The Morgan fingerprint density at radius 1 is 1.00 bits per heavy atom. The Labute approximate surface area is 246 Å². The molecule has 0 atom stereocenters. The molecule has 42 heavy (non-hydrogen) atoms. The second-order valence-electron chi connectivity index (χ2n) is 10.5. The van der Waals surface area contributed by atoms with E-state index in [4.69, 9.17) is 19.3 Å². The first-order valence-corrected chi connectivity index (χ1v) is 14.8. The predicted octanol–water partition coefficient (Wildman–Crippen LogP) is 7.03. The zero-order valence-electron chi connectivity index (χ0n) is 24.6. The number of allylic oxidation sites excluding steroid dienone is 1. The fourth-order valence-electron chi connectivity index (χ4n) is 6.21. The van der Waals surface area contributed by atoms with Gasteiger partial charge in [0.25, 0.3) is 0 Å². The van der Waals surface area contributed by atoms with Gasteiger partial charge >= 0.3 is 5.97 Å². The van der Waals surface area contributed by atoms with Crippen molar-refractivity contribution in [1.29, 1.82) is 0 Å². The van der Waals surface area contributed by atoms with Crippen LogP contribution in [-0.2, 0) is 42.5 Å². The zero-order chi connectivity index (χ0) is 29.1. The number of para-hydroxylation sites is 1. The van der Waals surface area contributed by atoms with Gasteiger partial charge in [-0.25, -0.2) is 4.79 Å². The van der Waals surface area contributed by atoms with Gasteiger partial charge in [0.15, 0.2) is 0 Å². The lowest BCUT2D eigenvalue weighted by Gasteiger charge is -2.13. The monoisotopic (exact) mass is 563 g/mol.